The van der Waals surface area contributed by atoms with Crippen molar-refractivity contribution in [2.24, 2.45) is 5.16 Å². The maximum absolute atomic E-state index is 11.1. The summed E-state index contributed by atoms with van der Waals surface area (Å²) in [7, 11) is 1.52. The van der Waals surface area contributed by atoms with Crippen LogP contribution in [0.15, 0.2) is 53.7 Å². The molecule has 1 N–H and O–H groups in total. The Hall–Kier alpha value is -2.62. The van der Waals surface area contributed by atoms with Crippen molar-refractivity contribution in [3.63, 3.8) is 0 Å². The molecule has 0 aromatic heterocycles. The van der Waals surface area contributed by atoms with Gasteiger partial charge in [0.05, 0.1) is 5.71 Å². The summed E-state index contributed by atoms with van der Waals surface area (Å²) in [5.74, 6) is 0. The number of carbonyl (C=O) groups excluding carboxylic acids is 1. The van der Waals surface area contributed by atoms with E-state index in [4.69, 9.17) is 4.84 Å². The zero-order valence-electron chi connectivity index (χ0n) is 11.5. The minimum absolute atomic E-state index is 0.614. The van der Waals surface area contributed by atoms with Crippen molar-refractivity contribution in [3.8, 4) is 0 Å². The van der Waals surface area contributed by atoms with Crippen LogP contribution in [0.3, 0.4) is 0 Å². The smallest absolute Gasteiger partial charge is 0.152 e. The number of carbonyl (C=O) groups is 1. The number of rotatable bonds is 5. The van der Waals surface area contributed by atoms with Crippen LogP contribution in [0.25, 0.3) is 0 Å². The molecular formula is C16H16N2O2. The number of nitrogens with zero attached hydrogens (tertiary/aromatic N) is 1. The van der Waals surface area contributed by atoms with Crippen LogP contribution in [0.5, 0.6) is 0 Å². The molecule has 0 atom stereocenters. The first kappa shape index (κ1) is 13.8. The number of para-hydroxylation sites is 2. The first-order chi connectivity index (χ1) is 9.76. The number of benzene rings is 2. The molecule has 0 heterocycles. The Morgan fingerprint density at radius 2 is 1.75 bits per heavy atom. The van der Waals surface area contributed by atoms with Gasteiger partial charge in [-0.05, 0) is 25.1 Å². The largest absolute Gasteiger partial charge is 0.399 e. The summed E-state index contributed by atoms with van der Waals surface area (Å²) in [4.78, 5) is 15.9. The number of hydrogen-bond acceptors (Lipinski definition) is 4. The van der Waals surface area contributed by atoms with Gasteiger partial charge in [-0.25, -0.2) is 0 Å². The Morgan fingerprint density at radius 3 is 2.45 bits per heavy atom. The van der Waals surface area contributed by atoms with Crippen molar-refractivity contribution < 1.29 is 9.63 Å². The van der Waals surface area contributed by atoms with Crippen LogP contribution in [0.1, 0.15) is 22.8 Å². The van der Waals surface area contributed by atoms with E-state index in [0.717, 1.165) is 28.9 Å². The maximum atomic E-state index is 11.1. The molecule has 0 saturated heterocycles. The van der Waals surface area contributed by atoms with E-state index < -0.39 is 0 Å². The molecule has 102 valence electrons. The van der Waals surface area contributed by atoms with E-state index in [1.54, 1.807) is 6.07 Å². The third kappa shape index (κ3) is 3.03. The van der Waals surface area contributed by atoms with Crippen LogP contribution in [-0.4, -0.2) is 19.1 Å². The standard InChI is InChI=1S/C16H16N2O2/c1-12(18-20-2)14-8-4-6-10-16(14)17-15-9-5-3-7-13(15)11-19/h3-11,17H,1-2H3/b18-12+. The molecule has 2 aromatic carbocycles. The summed E-state index contributed by atoms with van der Waals surface area (Å²) in [6.45, 7) is 1.87. The van der Waals surface area contributed by atoms with E-state index in [0.29, 0.717) is 5.56 Å². The van der Waals surface area contributed by atoms with Gasteiger partial charge in [0.1, 0.15) is 7.11 Å². The van der Waals surface area contributed by atoms with Crippen LogP contribution >= 0.6 is 0 Å². The second-order valence-corrected chi connectivity index (χ2v) is 4.23. The van der Waals surface area contributed by atoms with Crippen molar-refractivity contribution >= 4 is 23.4 Å². The summed E-state index contributed by atoms with van der Waals surface area (Å²) in [5.41, 5.74) is 3.94. The molecule has 0 aliphatic heterocycles. The van der Waals surface area contributed by atoms with Crippen molar-refractivity contribution in [1.82, 2.24) is 0 Å². The van der Waals surface area contributed by atoms with Crippen LogP contribution in [0, 0.1) is 0 Å². The molecule has 0 bridgehead atoms. The molecule has 0 aliphatic carbocycles. The van der Waals surface area contributed by atoms with Crippen molar-refractivity contribution in [3.05, 3.63) is 59.7 Å². The minimum Gasteiger partial charge on any atom is -0.399 e. The lowest BCUT2D eigenvalue weighted by Gasteiger charge is -2.12. The molecule has 0 amide bonds. The number of anilines is 2. The van der Waals surface area contributed by atoms with Crippen LogP contribution < -0.4 is 5.32 Å². The van der Waals surface area contributed by atoms with Gasteiger partial charge in [0.25, 0.3) is 0 Å². The van der Waals surface area contributed by atoms with Gasteiger partial charge in [0, 0.05) is 22.5 Å². The zero-order valence-corrected chi connectivity index (χ0v) is 11.5. The van der Waals surface area contributed by atoms with E-state index in [2.05, 4.69) is 10.5 Å². The average molecular weight is 268 g/mol. The van der Waals surface area contributed by atoms with E-state index >= 15 is 0 Å². The van der Waals surface area contributed by atoms with Crippen LogP contribution in [0.2, 0.25) is 0 Å². The van der Waals surface area contributed by atoms with Crippen molar-refractivity contribution in [2.75, 3.05) is 12.4 Å². The molecular weight excluding hydrogens is 252 g/mol. The van der Waals surface area contributed by atoms with Gasteiger partial charge in [0.15, 0.2) is 6.29 Å². The predicted octanol–water partition coefficient (Wildman–Crippen LogP) is 3.61. The molecule has 0 unspecified atom stereocenters. The summed E-state index contributed by atoms with van der Waals surface area (Å²) in [6.07, 6.45) is 0.834. The maximum Gasteiger partial charge on any atom is 0.152 e. The fourth-order valence-electron chi connectivity index (χ4n) is 1.95. The molecule has 0 radical (unpaired) electrons. The first-order valence-electron chi connectivity index (χ1n) is 6.24. The molecule has 4 heteroatoms. The molecule has 0 spiro atoms. The molecule has 20 heavy (non-hydrogen) atoms. The van der Waals surface area contributed by atoms with E-state index in [-0.39, 0.29) is 0 Å². The van der Waals surface area contributed by atoms with E-state index in [1.165, 1.54) is 7.11 Å². The molecule has 0 saturated carbocycles. The second kappa shape index (κ2) is 6.52. The van der Waals surface area contributed by atoms with Crippen LogP contribution in [-0.2, 0) is 4.84 Å². The second-order valence-electron chi connectivity index (χ2n) is 4.23. The van der Waals surface area contributed by atoms with Gasteiger partial charge in [-0.2, -0.15) is 0 Å². The SMILES string of the molecule is CO/N=C(\C)c1ccccc1Nc1ccccc1C=O. The lowest BCUT2D eigenvalue weighted by molar-refractivity contribution is 0.112. The van der Waals surface area contributed by atoms with Gasteiger partial charge in [-0.1, -0.05) is 35.5 Å². The van der Waals surface area contributed by atoms with Crippen LogP contribution in [0.4, 0.5) is 11.4 Å². The van der Waals surface area contributed by atoms with Gasteiger partial charge >= 0.3 is 0 Å². The quantitative estimate of drug-likeness (QED) is 0.512. The van der Waals surface area contributed by atoms with Crippen molar-refractivity contribution in [2.45, 2.75) is 6.92 Å². The highest BCUT2D eigenvalue weighted by Gasteiger charge is 2.07. The van der Waals surface area contributed by atoms with Gasteiger partial charge in [-0.3, -0.25) is 4.79 Å². The van der Waals surface area contributed by atoms with Gasteiger partial charge < -0.3 is 10.2 Å². The number of oxime groups is 1. The average Bonchev–Trinajstić information content (AvgIpc) is 2.48. The summed E-state index contributed by atoms with van der Waals surface area (Å²) < 4.78 is 0. The van der Waals surface area contributed by atoms with Gasteiger partial charge in [-0.15, -0.1) is 0 Å². The third-order valence-corrected chi connectivity index (χ3v) is 2.90. The zero-order chi connectivity index (χ0) is 14.4. The Labute approximate surface area is 118 Å². The number of nitrogens with one attached hydrogen (secondary N) is 1. The fourth-order valence-corrected chi connectivity index (χ4v) is 1.95. The molecule has 2 aromatic rings. The molecule has 0 fully saturated rings. The van der Waals surface area contributed by atoms with E-state index in [9.17, 15) is 4.79 Å². The highest BCUT2D eigenvalue weighted by molar-refractivity contribution is 6.04. The van der Waals surface area contributed by atoms with Crippen molar-refractivity contribution in [1.29, 1.82) is 0 Å². The summed E-state index contributed by atoms with van der Waals surface area (Å²) in [5, 5.41) is 7.21. The number of aldehydes is 1. The Morgan fingerprint density at radius 1 is 1.10 bits per heavy atom. The topological polar surface area (TPSA) is 50.7 Å². The summed E-state index contributed by atoms with van der Waals surface area (Å²) in [6, 6.07) is 15.1. The van der Waals surface area contributed by atoms with E-state index in [1.807, 2.05) is 49.4 Å². The summed E-state index contributed by atoms with van der Waals surface area (Å²) >= 11 is 0. The first-order valence-corrected chi connectivity index (χ1v) is 6.24. The molecule has 4 nitrogen and oxygen atoms in total. The Bertz CT molecular complexity index is 636. The molecule has 0 aliphatic rings. The lowest BCUT2D eigenvalue weighted by atomic mass is 10.1. The lowest BCUT2D eigenvalue weighted by Crippen LogP contribution is -2.03. The fraction of sp³-hybridized carbons (Fsp3) is 0.125. The third-order valence-electron chi connectivity index (χ3n) is 2.90. The Kier molecular flexibility index (Phi) is 4.50. The van der Waals surface area contributed by atoms with Gasteiger partial charge in [0.2, 0.25) is 0 Å². The normalized spacial score (nSPS) is 11.0. The highest BCUT2D eigenvalue weighted by Crippen LogP contribution is 2.23. The number of hydrogen-bond donors (Lipinski definition) is 1. The predicted molar refractivity (Wildman–Crippen MR) is 80.8 cm³/mol. The Balaban J connectivity index is 2.39. The molecule has 2 rings (SSSR count). The monoisotopic (exact) mass is 268 g/mol. The highest BCUT2D eigenvalue weighted by atomic mass is 16.6. The minimum atomic E-state index is 0.614.